The Morgan fingerprint density at radius 2 is 1.69 bits per heavy atom. The summed E-state index contributed by atoms with van der Waals surface area (Å²) in [6.07, 6.45) is 6.09. The van der Waals surface area contributed by atoms with Crippen molar-refractivity contribution in [1.29, 1.82) is 0 Å². The fourth-order valence-corrected chi connectivity index (χ4v) is 4.94. The van der Waals surface area contributed by atoms with Crippen molar-refractivity contribution >= 4 is 11.8 Å². The Labute approximate surface area is 173 Å². The van der Waals surface area contributed by atoms with E-state index in [1.54, 1.807) is 0 Å². The summed E-state index contributed by atoms with van der Waals surface area (Å²) < 4.78 is 0. The van der Waals surface area contributed by atoms with Crippen LogP contribution >= 0.6 is 0 Å². The largest absolute Gasteiger partial charge is 0.341 e. The molecule has 1 fully saturated rings. The van der Waals surface area contributed by atoms with Crippen LogP contribution < -0.4 is 0 Å². The van der Waals surface area contributed by atoms with Crippen LogP contribution in [0.4, 0.5) is 0 Å². The van der Waals surface area contributed by atoms with Crippen molar-refractivity contribution in [2.45, 2.75) is 51.6 Å². The minimum atomic E-state index is -0.0992. The average Bonchev–Trinajstić information content (AvgIpc) is 3.04. The second-order valence-corrected chi connectivity index (χ2v) is 8.79. The predicted molar refractivity (Wildman–Crippen MR) is 114 cm³/mol. The number of hydrogen-bond donors (Lipinski definition) is 0. The molecule has 29 heavy (non-hydrogen) atoms. The molecule has 0 atom stereocenters. The second-order valence-electron chi connectivity index (χ2n) is 8.79. The van der Waals surface area contributed by atoms with Crippen molar-refractivity contribution in [3.8, 4) is 0 Å². The van der Waals surface area contributed by atoms with Crippen LogP contribution in [-0.2, 0) is 17.9 Å². The summed E-state index contributed by atoms with van der Waals surface area (Å²) in [6.45, 7) is 1.99. The SMILES string of the molecule is CN(Cc1ccccc1)C(=O)CC1(CN2Cc3ccccc3C2=O)CCCCC1. The highest BCUT2D eigenvalue weighted by atomic mass is 16.2. The van der Waals surface area contributed by atoms with Crippen LogP contribution in [0.5, 0.6) is 0 Å². The Hall–Kier alpha value is -2.62. The summed E-state index contributed by atoms with van der Waals surface area (Å²) in [5, 5.41) is 0. The van der Waals surface area contributed by atoms with Crippen LogP contribution in [0.2, 0.25) is 0 Å². The average molecular weight is 391 g/mol. The van der Waals surface area contributed by atoms with Gasteiger partial charge < -0.3 is 9.80 Å². The van der Waals surface area contributed by atoms with Crippen molar-refractivity contribution in [3.63, 3.8) is 0 Å². The van der Waals surface area contributed by atoms with Gasteiger partial charge in [-0.25, -0.2) is 0 Å². The van der Waals surface area contributed by atoms with Gasteiger partial charge in [0.2, 0.25) is 5.91 Å². The van der Waals surface area contributed by atoms with Crippen molar-refractivity contribution in [2.24, 2.45) is 5.41 Å². The maximum Gasteiger partial charge on any atom is 0.254 e. The van der Waals surface area contributed by atoms with Crippen molar-refractivity contribution < 1.29 is 9.59 Å². The third-order valence-electron chi connectivity index (χ3n) is 6.55. The fraction of sp³-hybridized carbons (Fsp3) is 0.440. The van der Waals surface area contributed by atoms with Gasteiger partial charge in [-0.2, -0.15) is 0 Å². The number of amides is 2. The van der Waals surface area contributed by atoms with E-state index < -0.39 is 0 Å². The summed E-state index contributed by atoms with van der Waals surface area (Å²) in [6, 6.07) is 18.0. The van der Waals surface area contributed by atoms with Gasteiger partial charge in [-0.15, -0.1) is 0 Å². The molecule has 4 rings (SSSR count). The molecule has 2 aliphatic rings. The number of carbonyl (C=O) groups excluding carboxylic acids is 2. The topological polar surface area (TPSA) is 40.6 Å². The smallest absolute Gasteiger partial charge is 0.254 e. The van der Waals surface area contributed by atoms with Crippen molar-refractivity contribution in [1.82, 2.24) is 9.80 Å². The molecule has 0 aromatic heterocycles. The first kappa shape index (κ1) is 19.7. The van der Waals surface area contributed by atoms with Crippen LogP contribution in [0.25, 0.3) is 0 Å². The standard InChI is InChI=1S/C25H30N2O2/c1-26(17-20-10-4-2-5-11-20)23(28)16-25(14-8-3-9-15-25)19-27-18-21-12-6-7-13-22(21)24(27)29/h2,4-7,10-13H,3,8-9,14-19H2,1H3. The van der Waals surface area contributed by atoms with Crippen LogP contribution in [0.1, 0.15) is 60.0 Å². The summed E-state index contributed by atoms with van der Waals surface area (Å²) in [5.41, 5.74) is 2.98. The van der Waals surface area contributed by atoms with Crippen LogP contribution in [-0.4, -0.2) is 35.2 Å². The highest BCUT2D eigenvalue weighted by Crippen LogP contribution is 2.42. The Morgan fingerprint density at radius 1 is 1.00 bits per heavy atom. The molecule has 4 nitrogen and oxygen atoms in total. The molecular formula is C25H30N2O2. The van der Waals surface area contributed by atoms with Gasteiger partial charge in [-0.1, -0.05) is 67.8 Å². The van der Waals surface area contributed by atoms with E-state index in [9.17, 15) is 9.59 Å². The second kappa shape index (κ2) is 8.40. The number of nitrogens with zero attached hydrogens (tertiary/aromatic N) is 2. The van der Waals surface area contributed by atoms with Gasteiger partial charge in [-0.3, -0.25) is 9.59 Å². The summed E-state index contributed by atoms with van der Waals surface area (Å²) >= 11 is 0. The third-order valence-corrected chi connectivity index (χ3v) is 6.55. The maximum absolute atomic E-state index is 13.1. The Balaban J connectivity index is 1.46. The van der Waals surface area contributed by atoms with Crippen LogP contribution in [0.3, 0.4) is 0 Å². The Kier molecular flexibility index (Phi) is 5.70. The van der Waals surface area contributed by atoms with E-state index in [0.29, 0.717) is 26.1 Å². The normalized spacial score (nSPS) is 17.8. The minimum Gasteiger partial charge on any atom is -0.341 e. The molecule has 2 aromatic carbocycles. The predicted octanol–water partition coefficient (Wildman–Crippen LogP) is 4.64. The molecule has 1 aliphatic heterocycles. The lowest BCUT2D eigenvalue weighted by Crippen LogP contribution is -2.43. The van der Waals surface area contributed by atoms with E-state index in [4.69, 9.17) is 0 Å². The number of rotatable bonds is 6. The summed E-state index contributed by atoms with van der Waals surface area (Å²) in [5.74, 6) is 0.301. The number of benzene rings is 2. The van der Waals surface area contributed by atoms with E-state index in [0.717, 1.165) is 42.4 Å². The zero-order valence-electron chi connectivity index (χ0n) is 17.3. The Bertz CT molecular complexity index is 871. The lowest BCUT2D eigenvalue weighted by atomic mass is 9.71. The highest BCUT2D eigenvalue weighted by molar-refractivity contribution is 5.98. The van der Waals surface area contributed by atoms with Gasteiger partial charge in [0.25, 0.3) is 5.91 Å². The van der Waals surface area contributed by atoms with Gasteiger partial charge in [0.05, 0.1) is 0 Å². The quantitative estimate of drug-likeness (QED) is 0.721. The van der Waals surface area contributed by atoms with E-state index >= 15 is 0 Å². The molecule has 0 radical (unpaired) electrons. The molecule has 1 aliphatic carbocycles. The summed E-state index contributed by atoms with van der Waals surface area (Å²) in [7, 11) is 1.89. The molecule has 0 unspecified atom stereocenters. The van der Waals surface area contributed by atoms with E-state index in [1.807, 2.05) is 59.3 Å². The number of hydrogen-bond acceptors (Lipinski definition) is 2. The van der Waals surface area contributed by atoms with E-state index in [1.165, 1.54) is 6.42 Å². The van der Waals surface area contributed by atoms with Crippen LogP contribution in [0, 0.1) is 5.41 Å². The minimum absolute atomic E-state index is 0.0992. The van der Waals surface area contributed by atoms with Crippen LogP contribution in [0.15, 0.2) is 54.6 Å². The van der Waals surface area contributed by atoms with Gasteiger partial charge in [-0.05, 0) is 35.4 Å². The first-order chi connectivity index (χ1) is 14.1. The molecule has 1 saturated carbocycles. The lowest BCUT2D eigenvalue weighted by molar-refractivity contribution is -0.134. The first-order valence-corrected chi connectivity index (χ1v) is 10.7. The zero-order valence-corrected chi connectivity index (χ0v) is 17.3. The Morgan fingerprint density at radius 3 is 2.41 bits per heavy atom. The monoisotopic (exact) mass is 390 g/mol. The fourth-order valence-electron chi connectivity index (χ4n) is 4.94. The number of carbonyl (C=O) groups is 2. The molecule has 0 bridgehead atoms. The van der Waals surface area contributed by atoms with Gasteiger partial charge >= 0.3 is 0 Å². The molecule has 0 spiro atoms. The highest BCUT2D eigenvalue weighted by Gasteiger charge is 2.40. The molecule has 1 heterocycles. The van der Waals surface area contributed by atoms with Crippen molar-refractivity contribution in [2.75, 3.05) is 13.6 Å². The molecule has 4 heteroatoms. The van der Waals surface area contributed by atoms with E-state index in [2.05, 4.69) is 12.1 Å². The molecule has 0 saturated heterocycles. The molecule has 2 aromatic rings. The first-order valence-electron chi connectivity index (χ1n) is 10.7. The van der Waals surface area contributed by atoms with E-state index in [-0.39, 0.29) is 17.2 Å². The van der Waals surface area contributed by atoms with Gasteiger partial charge in [0, 0.05) is 38.7 Å². The van der Waals surface area contributed by atoms with Gasteiger partial charge in [0.15, 0.2) is 0 Å². The molecule has 0 N–H and O–H groups in total. The lowest BCUT2D eigenvalue weighted by Gasteiger charge is -2.40. The summed E-state index contributed by atoms with van der Waals surface area (Å²) in [4.78, 5) is 29.8. The third kappa shape index (κ3) is 4.36. The molecule has 152 valence electrons. The van der Waals surface area contributed by atoms with Gasteiger partial charge in [0.1, 0.15) is 0 Å². The molecular weight excluding hydrogens is 360 g/mol. The maximum atomic E-state index is 13.1. The van der Waals surface area contributed by atoms with Crippen molar-refractivity contribution in [3.05, 3.63) is 71.3 Å². The zero-order chi connectivity index (χ0) is 20.3. The molecule has 2 amide bonds. The number of fused-ring (bicyclic) bond motifs is 1.